The monoisotopic (exact) mass is 288 g/mol. The summed E-state index contributed by atoms with van der Waals surface area (Å²) in [4.78, 5) is 12.0. The maximum atomic E-state index is 7.59. The van der Waals surface area contributed by atoms with Crippen LogP contribution in [0.1, 0.15) is 0 Å². The van der Waals surface area contributed by atoms with E-state index in [2.05, 4.69) is 34.2 Å². The predicted octanol–water partition coefficient (Wildman–Crippen LogP) is 2.81. The molecule has 3 rings (SSSR count). The summed E-state index contributed by atoms with van der Waals surface area (Å²) in [5.41, 5.74) is 1.95. The third-order valence-corrected chi connectivity index (χ3v) is 2.67. The Balaban J connectivity index is 0.000000232. The zero-order valence-corrected chi connectivity index (χ0v) is 10.9. The van der Waals surface area contributed by atoms with Crippen LogP contribution in [0, 0.1) is 20.5 Å². The van der Waals surface area contributed by atoms with E-state index in [4.69, 9.17) is 10.5 Å². The Morgan fingerprint density at radius 2 is 1.26 bits per heavy atom. The molecule has 0 spiro atoms. The smallest absolute Gasteiger partial charge is 0.0964 e. The average molecular weight is 288 g/mol. The molecule has 0 aliphatic heterocycles. The standard InChI is InChI=1S/C12H8N2.2CN.Fe/c1-3-9-5-6-10-4-2-8-14-12(10)11(9)13-7-1;2*1-2;/h1-8H;;;. The van der Waals surface area contributed by atoms with E-state index in [1.807, 2.05) is 12.1 Å². The summed E-state index contributed by atoms with van der Waals surface area (Å²) in [6.07, 6.45) is 3.60. The summed E-state index contributed by atoms with van der Waals surface area (Å²) in [6.45, 7) is 0. The van der Waals surface area contributed by atoms with Crippen molar-refractivity contribution in [3.8, 4) is 9.94 Å². The Bertz CT molecular complexity index is 720. The molecule has 19 heavy (non-hydrogen) atoms. The zero-order valence-electron chi connectivity index (χ0n) is 9.76. The van der Waals surface area contributed by atoms with Crippen LogP contribution in [0.25, 0.3) is 21.8 Å². The van der Waals surface area contributed by atoms with Gasteiger partial charge in [0.1, 0.15) is 0 Å². The van der Waals surface area contributed by atoms with Crippen LogP contribution in [-0.4, -0.2) is 9.97 Å². The van der Waals surface area contributed by atoms with Crippen LogP contribution >= 0.6 is 0 Å². The molecule has 3 aromatic rings. The van der Waals surface area contributed by atoms with Crippen molar-refractivity contribution in [3.05, 3.63) is 48.8 Å². The Hall–Kier alpha value is -2.46. The van der Waals surface area contributed by atoms with Gasteiger partial charge in [0.25, 0.3) is 0 Å². The molecule has 0 atom stereocenters. The second kappa shape index (κ2) is 6.47. The minimum Gasteiger partial charge on any atom is -0.254 e. The van der Waals surface area contributed by atoms with E-state index in [1.165, 1.54) is 0 Å². The van der Waals surface area contributed by atoms with Gasteiger partial charge in [-0.25, -0.2) is 0 Å². The number of aromatic nitrogens is 2. The van der Waals surface area contributed by atoms with Crippen LogP contribution in [0.2, 0.25) is 0 Å². The van der Waals surface area contributed by atoms with Crippen LogP contribution in [0.15, 0.2) is 48.8 Å². The van der Waals surface area contributed by atoms with Gasteiger partial charge in [0.05, 0.1) is 11.0 Å². The molecule has 0 saturated carbocycles. The third kappa shape index (κ3) is 3.05. The van der Waals surface area contributed by atoms with Crippen molar-refractivity contribution in [2.24, 2.45) is 0 Å². The predicted molar refractivity (Wildman–Crippen MR) is 68.3 cm³/mol. The van der Waals surface area contributed by atoms with Gasteiger partial charge in [0, 0.05) is 23.2 Å². The molecule has 1 aromatic carbocycles. The van der Waals surface area contributed by atoms with E-state index < -0.39 is 0 Å². The number of pyridine rings is 2. The molecule has 0 bridgehead atoms. The van der Waals surface area contributed by atoms with Crippen LogP contribution < -0.4 is 0 Å². The molecule has 92 valence electrons. The number of benzene rings is 1. The summed E-state index contributed by atoms with van der Waals surface area (Å²) in [5.74, 6) is 0. The summed E-state index contributed by atoms with van der Waals surface area (Å²) in [7, 11) is 0. The molecular formula is C14H8FeN4. The zero-order chi connectivity index (χ0) is 13.5. The van der Waals surface area contributed by atoms with Crippen LogP contribution in [0.3, 0.4) is 0 Å². The first-order valence-electron chi connectivity index (χ1n) is 5.34. The topological polar surface area (TPSA) is 73.4 Å². The van der Waals surface area contributed by atoms with E-state index in [-0.39, 0.29) is 15.0 Å². The Morgan fingerprint density at radius 1 is 0.789 bits per heavy atom. The molecule has 0 saturated heterocycles. The summed E-state index contributed by atoms with van der Waals surface area (Å²) in [5, 5.41) is 17.5. The first-order chi connectivity index (χ1) is 9.36. The first-order valence-corrected chi connectivity index (χ1v) is 6.44. The quantitative estimate of drug-likeness (QED) is 0.471. The van der Waals surface area contributed by atoms with Gasteiger partial charge in [0.15, 0.2) is 0 Å². The molecule has 4 nitrogen and oxygen atoms in total. The molecule has 0 amide bonds. The number of hydrogen-bond acceptors (Lipinski definition) is 4. The second-order valence-electron chi connectivity index (χ2n) is 3.46. The Labute approximate surface area is 116 Å². The van der Waals surface area contributed by atoms with Crippen molar-refractivity contribution >= 4 is 21.8 Å². The number of rotatable bonds is 0. The van der Waals surface area contributed by atoms with Gasteiger partial charge in [-0.1, -0.05) is 24.3 Å². The van der Waals surface area contributed by atoms with Crippen LogP contribution in [0.4, 0.5) is 0 Å². The van der Waals surface area contributed by atoms with Gasteiger partial charge in [0.2, 0.25) is 0 Å². The molecule has 0 radical (unpaired) electrons. The summed E-state index contributed by atoms with van der Waals surface area (Å²) >= 11 is 0. The second-order valence-corrected chi connectivity index (χ2v) is 4.23. The van der Waals surface area contributed by atoms with E-state index in [0.29, 0.717) is 0 Å². The molecule has 0 aliphatic carbocycles. The van der Waals surface area contributed by atoms with Gasteiger partial charge in [-0.15, -0.1) is 0 Å². The molecule has 0 fully saturated rings. The van der Waals surface area contributed by atoms with Crippen molar-refractivity contribution in [2.45, 2.75) is 0 Å². The number of fused-ring (bicyclic) bond motifs is 3. The molecule has 2 aromatic heterocycles. The van der Waals surface area contributed by atoms with Crippen LogP contribution in [-0.2, 0) is 15.0 Å². The first kappa shape index (κ1) is 13.0. The van der Waals surface area contributed by atoms with E-state index >= 15 is 0 Å². The molecule has 0 N–H and O–H groups in total. The molecule has 5 heteroatoms. The third-order valence-electron chi connectivity index (χ3n) is 2.42. The number of nitriles is 2. The normalized spacial score (nSPS) is 9.37. The number of nitrogens with zero attached hydrogens (tertiary/aromatic N) is 4. The van der Waals surface area contributed by atoms with E-state index in [0.717, 1.165) is 21.8 Å². The van der Waals surface area contributed by atoms with Gasteiger partial charge in [-0.05, 0) is 12.1 Å². The number of hydrogen-bond donors (Lipinski definition) is 0. The molecule has 0 aliphatic rings. The summed E-state index contributed by atoms with van der Waals surface area (Å²) < 4.78 is 0. The Kier molecular flexibility index (Phi) is 4.42. The average Bonchev–Trinajstić information content (AvgIpc) is 2.49. The van der Waals surface area contributed by atoms with Crippen molar-refractivity contribution in [2.75, 3.05) is 0 Å². The van der Waals surface area contributed by atoms with Crippen molar-refractivity contribution < 1.29 is 15.0 Å². The minimum atomic E-state index is 0. The SMILES string of the molecule is N#[C][Fe][C]#N.c1cnc2c(c1)ccc1cccnc12. The summed E-state index contributed by atoms with van der Waals surface area (Å²) in [6, 6.07) is 12.1. The Morgan fingerprint density at radius 3 is 1.63 bits per heavy atom. The van der Waals surface area contributed by atoms with Crippen LogP contribution in [0.5, 0.6) is 0 Å². The van der Waals surface area contributed by atoms with Crippen molar-refractivity contribution in [3.63, 3.8) is 0 Å². The minimum absolute atomic E-state index is 0. The van der Waals surface area contributed by atoms with Gasteiger partial charge in [-0.2, -0.15) is 0 Å². The van der Waals surface area contributed by atoms with E-state index in [9.17, 15) is 0 Å². The van der Waals surface area contributed by atoms with Gasteiger partial charge >= 0.3 is 35.4 Å². The molecular weight excluding hydrogens is 280 g/mol. The maximum absolute atomic E-state index is 7.59. The fourth-order valence-electron chi connectivity index (χ4n) is 1.70. The van der Waals surface area contributed by atoms with Crippen molar-refractivity contribution in [1.82, 2.24) is 9.97 Å². The fourth-order valence-corrected chi connectivity index (χ4v) is 1.75. The van der Waals surface area contributed by atoms with Gasteiger partial charge in [-0.3, -0.25) is 9.97 Å². The van der Waals surface area contributed by atoms with E-state index in [1.54, 1.807) is 22.3 Å². The molecule has 2 heterocycles. The maximum Gasteiger partial charge on any atom is 0.0964 e. The van der Waals surface area contributed by atoms with Crippen molar-refractivity contribution in [1.29, 1.82) is 10.5 Å². The fraction of sp³-hybridized carbons (Fsp3) is 0. The largest absolute Gasteiger partial charge is 0.254 e. The molecule has 0 unspecified atom stereocenters. The van der Waals surface area contributed by atoms with Gasteiger partial charge < -0.3 is 0 Å².